The van der Waals surface area contributed by atoms with Crippen molar-refractivity contribution in [1.82, 2.24) is 4.90 Å². The van der Waals surface area contributed by atoms with Gasteiger partial charge in [0.1, 0.15) is 0 Å². The van der Waals surface area contributed by atoms with Crippen LogP contribution < -0.4 is 0 Å². The molecule has 2 aromatic carbocycles. The molecular weight excluding hydrogens is 338 g/mol. The third kappa shape index (κ3) is 4.57. The molecule has 1 N–H and O–H groups in total. The highest BCUT2D eigenvalue weighted by atomic mass is 16.5. The van der Waals surface area contributed by atoms with Gasteiger partial charge in [-0.15, -0.1) is 0 Å². The van der Waals surface area contributed by atoms with Gasteiger partial charge in [0.15, 0.2) is 0 Å². The molecular formula is C23H29NO3. The Kier molecular flexibility index (Phi) is 5.03. The summed E-state index contributed by atoms with van der Waals surface area (Å²) in [5.41, 5.74) is -0.185. The topological polar surface area (TPSA) is 49.8 Å². The summed E-state index contributed by atoms with van der Waals surface area (Å²) in [6, 6.07) is 17.8. The van der Waals surface area contributed by atoms with Crippen molar-refractivity contribution in [2.75, 3.05) is 26.1 Å². The lowest BCUT2D eigenvalue weighted by molar-refractivity contribution is -0.152. The lowest BCUT2D eigenvalue weighted by Crippen LogP contribution is -2.48. The predicted octanol–water partition coefficient (Wildman–Crippen LogP) is 3.71. The number of carbonyl (C=O) groups is 1. The number of hydrogen-bond acceptors (Lipinski definition) is 4. The average Bonchev–Trinajstić information content (AvgIpc) is 2.73. The van der Waals surface area contributed by atoms with Crippen molar-refractivity contribution < 1.29 is 20.1 Å². The van der Waals surface area contributed by atoms with Gasteiger partial charge >= 0.3 is 5.97 Å². The number of benzene rings is 2. The van der Waals surface area contributed by atoms with Crippen molar-refractivity contribution in [2.24, 2.45) is 0 Å². The number of ether oxygens (including phenoxy) is 1. The quantitative estimate of drug-likeness (QED) is 0.754. The van der Waals surface area contributed by atoms with Gasteiger partial charge in [-0.3, -0.25) is 4.79 Å². The molecule has 0 radical (unpaired) electrons. The Morgan fingerprint density at radius 2 is 1.74 bits per heavy atom. The highest BCUT2D eigenvalue weighted by molar-refractivity contribution is 5.83. The van der Waals surface area contributed by atoms with E-state index in [0.29, 0.717) is 11.1 Å². The Morgan fingerprint density at radius 1 is 1.15 bits per heavy atom. The first kappa shape index (κ1) is 14.8. The van der Waals surface area contributed by atoms with E-state index in [1.807, 2.05) is 18.2 Å². The Labute approximate surface area is 167 Å². The molecule has 4 heteroatoms. The number of aliphatic hydroxyl groups excluding tert-OH is 1. The van der Waals surface area contributed by atoms with Gasteiger partial charge in [0, 0.05) is 12.0 Å². The van der Waals surface area contributed by atoms with Crippen LogP contribution in [0.1, 0.15) is 48.9 Å². The van der Waals surface area contributed by atoms with Crippen molar-refractivity contribution in [3.05, 3.63) is 71.8 Å². The van der Waals surface area contributed by atoms with Crippen LogP contribution in [0.2, 0.25) is 0 Å². The van der Waals surface area contributed by atoms with Gasteiger partial charge in [0.05, 0.1) is 18.1 Å². The number of aliphatic hydroxyl groups is 1. The number of rotatable bonds is 7. The van der Waals surface area contributed by atoms with E-state index in [1.54, 1.807) is 49.4 Å². The maximum atomic E-state index is 13.0. The number of carbonyl (C=O) groups excluding carboxylic acids is 1. The zero-order valence-electron chi connectivity index (χ0n) is 19.6. The molecule has 3 rings (SSSR count). The number of piperidine rings is 1. The van der Waals surface area contributed by atoms with Gasteiger partial charge in [-0.2, -0.15) is 0 Å². The second kappa shape index (κ2) is 9.16. The zero-order valence-corrected chi connectivity index (χ0v) is 15.6. The lowest BCUT2D eigenvalue weighted by atomic mass is 9.72. The van der Waals surface area contributed by atoms with E-state index in [1.165, 1.54) is 0 Å². The Bertz CT molecular complexity index is 859. The monoisotopic (exact) mass is 371 g/mol. The van der Waals surface area contributed by atoms with Crippen molar-refractivity contribution >= 4 is 5.97 Å². The minimum atomic E-state index is -2.12. The van der Waals surface area contributed by atoms with Crippen LogP contribution in [0.5, 0.6) is 0 Å². The normalized spacial score (nSPS) is 23.9. The second-order valence-electron chi connectivity index (χ2n) is 6.71. The van der Waals surface area contributed by atoms with Gasteiger partial charge < -0.3 is 14.7 Å². The fourth-order valence-electron chi connectivity index (χ4n) is 3.32. The van der Waals surface area contributed by atoms with Crippen LogP contribution in [0, 0.1) is 0 Å². The van der Waals surface area contributed by atoms with Crippen LogP contribution >= 0.6 is 0 Å². The largest absolute Gasteiger partial charge is 0.465 e. The van der Waals surface area contributed by atoms with Gasteiger partial charge in [0.25, 0.3) is 0 Å². The first-order chi connectivity index (χ1) is 14.6. The molecule has 1 aliphatic rings. The van der Waals surface area contributed by atoms with Crippen molar-refractivity contribution in [3.63, 3.8) is 0 Å². The van der Waals surface area contributed by atoms with E-state index in [2.05, 4.69) is 0 Å². The van der Waals surface area contributed by atoms with Crippen LogP contribution in [-0.2, 0) is 14.9 Å². The van der Waals surface area contributed by atoms with Crippen LogP contribution in [0.25, 0.3) is 0 Å². The SMILES string of the molecule is [2H]C1([2H])CC(C(=O)OCC)(c2ccccc2)CC([2H])([2H])N1CCC(O)c1ccccc1. The third-order valence-corrected chi connectivity index (χ3v) is 4.95. The smallest absolute Gasteiger partial charge is 0.316 e. The number of hydrogen-bond donors (Lipinski definition) is 1. The lowest BCUT2D eigenvalue weighted by Gasteiger charge is -2.40. The number of likely N-dealkylation sites (tertiary alicyclic amines) is 1. The van der Waals surface area contributed by atoms with E-state index in [0.717, 1.165) is 4.90 Å². The fourth-order valence-corrected chi connectivity index (χ4v) is 3.32. The number of nitrogens with zero attached hydrogens (tertiary/aromatic N) is 1. The summed E-state index contributed by atoms with van der Waals surface area (Å²) in [5.74, 6) is -0.613. The highest BCUT2D eigenvalue weighted by Gasteiger charge is 2.44. The maximum Gasteiger partial charge on any atom is 0.316 e. The summed E-state index contributed by atoms with van der Waals surface area (Å²) >= 11 is 0. The summed E-state index contributed by atoms with van der Waals surface area (Å²) in [6.45, 7) is -2.43. The molecule has 0 aromatic heterocycles. The van der Waals surface area contributed by atoms with Crippen LogP contribution in [-0.4, -0.2) is 42.1 Å². The minimum absolute atomic E-state index is 0.00373. The summed E-state index contributed by atoms with van der Waals surface area (Å²) < 4.78 is 40.0. The maximum absolute atomic E-state index is 13.0. The summed E-state index contributed by atoms with van der Waals surface area (Å²) in [4.78, 5) is 14.2. The van der Waals surface area contributed by atoms with E-state index >= 15 is 0 Å². The number of esters is 1. The molecule has 27 heavy (non-hydrogen) atoms. The first-order valence-corrected chi connectivity index (χ1v) is 9.36. The van der Waals surface area contributed by atoms with Gasteiger partial charge in [-0.05, 0) is 50.3 Å². The standard InChI is InChI=1S/C23H29NO3/c1-2-27-22(26)23(20-11-7-4-8-12-20)14-17-24(18-15-23)16-13-21(25)19-9-5-3-6-10-19/h3-12,21,25H,2,13-18H2,1H3/i17D2,18D2. The Morgan fingerprint density at radius 3 is 2.33 bits per heavy atom. The summed E-state index contributed by atoms with van der Waals surface area (Å²) in [5, 5.41) is 10.5. The van der Waals surface area contributed by atoms with E-state index < -0.39 is 30.5 Å². The third-order valence-electron chi connectivity index (χ3n) is 4.95. The van der Waals surface area contributed by atoms with Crippen molar-refractivity contribution in [2.45, 2.75) is 37.7 Å². The molecule has 0 amide bonds. The van der Waals surface area contributed by atoms with E-state index in [9.17, 15) is 9.90 Å². The molecule has 0 spiro atoms. The summed E-state index contributed by atoms with van der Waals surface area (Å²) in [6.07, 6.45) is -1.13. The molecule has 144 valence electrons. The molecule has 1 unspecified atom stereocenters. The Hall–Kier alpha value is -2.17. The van der Waals surface area contributed by atoms with Crippen molar-refractivity contribution in [3.8, 4) is 0 Å². The molecule has 1 saturated heterocycles. The average molecular weight is 372 g/mol. The minimum Gasteiger partial charge on any atom is -0.465 e. The van der Waals surface area contributed by atoms with Crippen LogP contribution in [0.4, 0.5) is 0 Å². The van der Waals surface area contributed by atoms with Gasteiger partial charge in [0.2, 0.25) is 0 Å². The molecule has 0 bridgehead atoms. The molecule has 1 aliphatic heterocycles. The highest BCUT2D eigenvalue weighted by Crippen LogP contribution is 2.37. The van der Waals surface area contributed by atoms with Gasteiger partial charge in [-0.1, -0.05) is 60.7 Å². The molecule has 2 aromatic rings. The molecule has 1 atom stereocenters. The van der Waals surface area contributed by atoms with Crippen molar-refractivity contribution in [1.29, 1.82) is 0 Å². The predicted molar refractivity (Wildman–Crippen MR) is 106 cm³/mol. The molecule has 4 nitrogen and oxygen atoms in total. The fraction of sp³-hybridized carbons (Fsp3) is 0.435. The van der Waals surface area contributed by atoms with E-state index in [4.69, 9.17) is 10.2 Å². The second-order valence-corrected chi connectivity index (χ2v) is 6.71. The molecule has 1 heterocycles. The Balaban J connectivity index is 1.89. The summed E-state index contributed by atoms with van der Waals surface area (Å²) in [7, 11) is 0. The van der Waals surface area contributed by atoms with Crippen LogP contribution in [0.3, 0.4) is 0 Å². The molecule has 0 aliphatic carbocycles. The first-order valence-electron chi connectivity index (χ1n) is 11.4. The molecule has 0 saturated carbocycles. The van der Waals surface area contributed by atoms with Crippen LogP contribution in [0.15, 0.2) is 60.7 Å². The van der Waals surface area contributed by atoms with Gasteiger partial charge in [-0.25, -0.2) is 0 Å². The molecule has 1 fully saturated rings. The zero-order chi connectivity index (χ0) is 22.7. The van der Waals surface area contributed by atoms with E-state index in [-0.39, 0.29) is 32.4 Å².